The third-order valence-corrected chi connectivity index (χ3v) is 3.20. The number of hydrogen-bond donors (Lipinski definition) is 1. The van der Waals surface area contributed by atoms with E-state index in [0.717, 1.165) is 0 Å². The SMILES string of the molecule is CNC(C)c1ccc(OCc2nccn2C(F)F)cc1F. The Morgan fingerprint density at radius 1 is 1.38 bits per heavy atom. The predicted molar refractivity (Wildman–Crippen MR) is 71.7 cm³/mol. The number of hydrogen-bond acceptors (Lipinski definition) is 3. The number of halogens is 3. The second-order valence-electron chi connectivity index (χ2n) is 4.51. The lowest BCUT2D eigenvalue weighted by Crippen LogP contribution is -2.14. The van der Waals surface area contributed by atoms with Crippen molar-refractivity contribution in [2.24, 2.45) is 0 Å². The zero-order valence-corrected chi connectivity index (χ0v) is 11.7. The van der Waals surface area contributed by atoms with Crippen molar-refractivity contribution in [2.75, 3.05) is 7.05 Å². The zero-order valence-electron chi connectivity index (χ0n) is 11.7. The molecule has 0 aliphatic rings. The van der Waals surface area contributed by atoms with Crippen LogP contribution in [0.5, 0.6) is 5.75 Å². The molecule has 4 nitrogen and oxygen atoms in total. The van der Waals surface area contributed by atoms with E-state index in [1.165, 1.54) is 18.5 Å². The van der Waals surface area contributed by atoms with Gasteiger partial charge in [0, 0.05) is 30.1 Å². The molecule has 114 valence electrons. The van der Waals surface area contributed by atoms with Crippen molar-refractivity contribution in [3.05, 3.63) is 47.8 Å². The van der Waals surface area contributed by atoms with Gasteiger partial charge in [0.15, 0.2) is 5.82 Å². The average molecular weight is 299 g/mol. The topological polar surface area (TPSA) is 39.1 Å². The van der Waals surface area contributed by atoms with Gasteiger partial charge in [-0.05, 0) is 20.0 Å². The number of rotatable bonds is 6. The van der Waals surface area contributed by atoms with Gasteiger partial charge in [-0.1, -0.05) is 6.07 Å². The molecule has 1 aromatic heterocycles. The van der Waals surface area contributed by atoms with Crippen molar-refractivity contribution in [1.29, 1.82) is 0 Å². The van der Waals surface area contributed by atoms with Crippen LogP contribution in [0, 0.1) is 5.82 Å². The number of benzene rings is 1. The lowest BCUT2D eigenvalue weighted by molar-refractivity contribution is 0.0632. The monoisotopic (exact) mass is 299 g/mol. The van der Waals surface area contributed by atoms with Gasteiger partial charge in [-0.2, -0.15) is 8.78 Å². The first-order chi connectivity index (χ1) is 10.0. The molecule has 0 radical (unpaired) electrons. The largest absolute Gasteiger partial charge is 0.486 e. The molecule has 1 heterocycles. The Morgan fingerprint density at radius 2 is 2.14 bits per heavy atom. The van der Waals surface area contributed by atoms with Gasteiger partial charge in [-0.15, -0.1) is 0 Å². The fourth-order valence-electron chi connectivity index (χ4n) is 1.89. The van der Waals surface area contributed by atoms with Gasteiger partial charge in [0.2, 0.25) is 0 Å². The first kappa shape index (κ1) is 15.4. The standard InChI is InChI=1S/C14H16F3N3O/c1-9(18-2)11-4-3-10(7-12(11)15)21-8-13-19-5-6-20(13)14(16)17/h3-7,9,14,18H,8H2,1-2H3. The summed E-state index contributed by atoms with van der Waals surface area (Å²) in [6, 6.07) is 4.31. The Hall–Kier alpha value is -2.02. The van der Waals surface area contributed by atoms with Crippen LogP contribution in [-0.2, 0) is 6.61 Å². The van der Waals surface area contributed by atoms with Crippen LogP contribution in [-0.4, -0.2) is 16.6 Å². The second-order valence-corrected chi connectivity index (χ2v) is 4.51. The Balaban J connectivity index is 2.07. The lowest BCUT2D eigenvalue weighted by Gasteiger charge is -2.13. The van der Waals surface area contributed by atoms with Crippen molar-refractivity contribution in [2.45, 2.75) is 26.1 Å². The summed E-state index contributed by atoms with van der Waals surface area (Å²) in [6.45, 7) is -1.00. The summed E-state index contributed by atoms with van der Waals surface area (Å²) < 4.78 is 45.2. The van der Waals surface area contributed by atoms with Crippen LogP contribution in [0.15, 0.2) is 30.6 Å². The maximum absolute atomic E-state index is 13.9. The summed E-state index contributed by atoms with van der Waals surface area (Å²) in [5, 5.41) is 2.94. The smallest absolute Gasteiger partial charge is 0.320 e. The van der Waals surface area contributed by atoms with Crippen molar-refractivity contribution in [3.8, 4) is 5.75 Å². The van der Waals surface area contributed by atoms with E-state index in [4.69, 9.17) is 4.74 Å². The second kappa shape index (κ2) is 6.62. The molecule has 1 unspecified atom stereocenters. The highest BCUT2D eigenvalue weighted by molar-refractivity contribution is 5.30. The molecule has 0 aliphatic carbocycles. The molecule has 0 amide bonds. The molecule has 7 heteroatoms. The number of ether oxygens (including phenoxy) is 1. The van der Waals surface area contributed by atoms with E-state index in [-0.39, 0.29) is 24.2 Å². The summed E-state index contributed by atoms with van der Waals surface area (Å²) in [5.74, 6) is -0.0620. The van der Waals surface area contributed by atoms with Gasteiger partial charge in [-0.25, -0.2) is 9.37 Å². The quantitative estimate of drug-likeness (QED) is 0.889. The molecule has 1 atom stereocenters. The van der Waals surface area contributed by atoms with E-state index in [1.807, 2.05) is 6.92 Å². The number of aromatic nitrogens is 2. The summed E-state index contributed by atoms with van der Waals surface area (Å²) in [4.78, 5) is 3.79. The van der Waals surface area contributed by atoms with Crippen LogP contribution in [0.2, 0.25) is 0 Å². The third-order valence-electron chi connectivity index (χ3n) is 3.20. The Morgan fingerprint density at radius 3 is 2.76 bits per heavy atom. The molecule has 0 spiro atoms. The fourth-order valence-corrected chi connectivity index (χ4v) is 1.89. The van der Waals surface area contributed by atoms with Crippen LogP contribution < -0.4 is 10.1 Å². The van der Waals surface area contributed by atoms with E-state index in [0.29, 0.717) is 10.1 Å². The Bertz CT molecular complexity index is 601. The van der Waals surface area contributed by atoms with Crippen LogP contribution in [0.3, 0.4) is 0 Å². The Kier molecular flexibility index (Phi) is 4.85. The molecule has 0 aliphatic heterocycles. The maximum Gasteiger partial charge on any atom is 0.320 e. The van der Waals surface area contributed by atoms with Crippen LogP contribution >= 0.6 is 0 Å². The minimum absolute atomic E-state index is 0.0816. The summed E-state index contributed by atoms with van der Waals surface area (Å²) in [7, 11) is 1.73. The predicted octanol–water partition coefficient (Wildman–Crippen LogP) is 3.28. The van der Waals surface area contributed by atoms with Gasteiger partial charge in [0.25, 0.3) is 0 Å². The van der Waals surface area contributed by atoms with Gasteiger partial charge in [-0.3, -0.25) is 4.57 Å². The van der Waals surface area contributed by atoms with E-state index in [2.05, 4.69) is 10.3 Å². The van der Waals surface area contributed by atoms with Crippen molar-refractivity contribution >= 4 is 0 Å². The van der Waals surface area contributed by atoms with E-state index in [1.54, 1.807) is 19.2 Å². The molecular formula is C14H16F3N3O. The van der Waals surface area contributed by atoms with Crippen molar-refractivity contribution in [1.82, 2.24) is 14.9 Å². The number of alkyl halides is 2. The first-order valence-corrected chi connectivity index (χ1v) is 6.42. The molecule has 2 aromatic rings. The fraction of sp³-hybridized carbons (Fsp3) is 0.357. The molecule has 0 saturated carbocycles. The van der Waals surface area contributed by atoms with Crippen LogP contribution in [0.1, 0.15) is 30.9 Å². The first-order valence-electron chi connectivity index (χ1n) is 6.42. The molecule has 1 N–H and O–H groups in total. The van der Waals surface area contributed by atoms with Gasteiger partial charge in [0.05, 0.1) is 0 Å². The van der Waals surface area contributed by atoms with E-state index in [9.17, 15) is 13.2 Å². The summed E-state index contributed by atoms with van der Waals surface area (Å²) in [5.41, 5.74) is 0.513. The number of nitrogens with zero attached hydrogens (tertiary/aromatic N) is 2. The van der Waals surface area contributed by atoms with Crippen molar-refractivity contribution < 1.29 is 17.9 Å². The molecule has 0 saturated heterocycles. The van der Waals surface area contributed by atoms with Gasteiger partial charge in [0.1, 0.15) is 18.2 Å². The lowest BCUT2D eigenvalue weighted by atomic mass is 10.1. The molecule has 0 fully saturated rings. The van der Waals surface area contributed by atoms with Crippen LogP contribution in [0.4, 0.5) is 13.2 Å². The van der Waals surface area contributed by atoms with E-state index < -0.39 is 12.4 Å². The third kappa shape index (κ3) is 3.55. The molecule has 2 rings (SSSR count). The van der Waals surface area contributed by atoms with Crippen molar-refractivity contribution in [3.63, 3.8) is 0 Å². The highest BCUT2D eigenvalue weighted by Gasteiger charge is 2.13. The molecule has 21 heavy (non-hydrogen) atoms. The zero-order chi connectivity index (χ0) is 15.4. The summed E-state index contributed by atoms with van der Waals surface area (Å²) in [6.07, 6.45) is 2.44. The highest BCUT2D eigenvalue weighted by Crippen LogP contribution is 2.22. The number of nitrogens with one attached hydrogen (secondary N) is 1. The Labute approximate surface area is 120 Å². The van der Waals surface area contributed by atoms with Gasteiger partial charge >= 0.3 is 6.55 Å². The minimum Gasteiger partial charge on any atom is -0.486 e. The molecule has 0 bridgehead atoms. The van der Waals surface area contributed by atoms with E-state index >= 15 is 0 Å². The maximum atomic E-state index is 13.9. The molecule has 1 aromatic carbocycles. The van der Waals surface area contributed by atoms with Crippen LogP contribution in [0.25, 0.3) is 0 Å². The normalized spacial score (nSPS) is 12.7. The average Bonchev–Trinajstić information content (AvgIpc) is 2.93. The summed E-state index contributed by atoms with van der Waals surface area (Å²) >= 11 is 0. The minimum atomic E-state index is -2.68. The number of imidazole rings is 1. The highest BCUT2D eigenvalue weighted by atomic mass is 19.3. The molecular weight excluding hydrogens is 283 g/mol. The van der Waals surface area contributed by atoms with Gasteiger partial charge < -0.3 is 10.1 Å².